The topological polar surface area (TPSA) is 33.7 Å². The first-order chi connectivity index (χ1) is 9.31. The Labute approximate surface area is 117 Å². The number of nitrogens with zero attached hydrogens (tertiary/aromatic N) is 1. The van der Waals surface area contributed by atoms with Gasteiger partial charge in [0.15, 0.2) is 0 Å². The molecule has 0 aliphatic carbocycles. The maximum absolute atomic E-state index is 6.12. The normalized spacial score (nSPS) is 32.8. The standard InChI is InChI=1S/C15H30N2O2/c1-3-16-10-13-7-8-15(19-13)12-17-9-5-6-14(11-17)18-4-2/h13-16H,3-12H2,1-2H3. The van der Waals surface area contributed by atoms with Gasteiger partial charge in [0.2, 0.25) is 0 Å². The summed E-state index contributed by atoms with van der Waals surface area (Å²) in [6, 6.07) is 0. The Morgan fingerprint density at radius 1 is 1.21 bits per heavy atom. The molecule has 2 aliphatic rings. The molecule has 0 spiro atoms. The molecule has 0 bridgehead atoms. The second-order valence-electron chi connectivity index (χ2n) is 5.74. The van der Waals surface area contributed by atoms with E-state index >= 15 is 0 Å². The minimum absolute atomic E-state index is 0.428. The third kappa shape index (κ3) is 5.03. The fraction of sp³-hybridized carbons (Fsp3) is 1.00. The number of hydrogen-bond acceptors (Lipinski definition) is 4. The Kier molecular flexibility index (Phi) is 6.57. The summed E-state index contributed by atoms with van der Waals surface area (Å²) in [4.78, 5) is 2.53. The van der Waals surface area contributed by atoms with Crippen molar-refractivity contribution < 1.29 is 9.47 Å². The van der Waals surface area contributed by atoms with Crippen molar-refractivity contribution in [3.05, 3.63) is 0 Å². The lowest BCUT2D eigenvalue weighted by Gasteiger charge is -2.33. The smallest absolute Gasteiger partial charge is 0.0707 e. The third-order valence-corrected chi connectivity index (χ3v) is 4.14. The van der Waals surface area contributed by atoms with Crippen LogP contribution in [0, 0.1) is 0 Å². The second-order valence-corrected chi connectivity index (χ2v) is 5.74. The molecule has 0 radical (unpaired) electrons. The van der Waals surface area contributed by atoms with Gasteiger partial charge in [-0.3, -0.25) is 4.90 Å². The van der Waals surface area contributed by atoms with E-state index in [2.05, 4.69) is 24.1 Å². The summed E-state index contributed by atoms with van der Waals surface area (Å²) in [5.41, 5.74) is 0. The van der Waals surface area contributed by atoms with E-state index in [9.17, 15) is 0 Å². The van der Waals surface area contributed by atoms with Crippen LogP contribution in [0.1, 0.15) is 39.5 Å². The number of hydrogen-bond donors (Lipinski definition) is 1. The van der Waals surface area contributed by atoms with Crippen LogP contribution in [0.5, 0.6) is 0 Å². The lowest BCUT2D eigenvalue weighted by molar-refractivity contribution is -0.0212. The lowest BCUT2D eigenvalue weighted by Crippen LogP contribution is -2.43. The molecule has 4 nitrogen and oxygen atoms in total. The molecular weight excluding hydrogens is 240 g/mol. The van der Waals surface area contributed by atoms with E-state index in [1.165, 1.54) is 32.2 Å². The fourth-order valence-electron chi connectivity index (χ4n) is 3.21. The zero-order valence-corrected chi connectivity index (χ0v) is 12.6. The molecule has 1 N–H and O–H groups in total. The Morgan fingerprint density at radius 3 is 2.84 bits per heavy atom. The number of piperidine rings is 1. The molecular formula is C15H30N2O2. The van der Waals surface area contributed by atoms with Crippen molar-refractivity contribution in [3.63, 3.8) is 0 Å². The Balaban J connectivity index is 1.67. The van der Waals surface area contributed by atoms with E-state index in [0.717, 1.165) is 32.8 Å². The number of ether oxygens (including phenoxy) is 2. The van der Waals surface area contributed by atoms with Crippen LogP contribution in [0.3, 0.4) is 0 Å². The maximum atomic E-state index is 6.12. The van der Waals surface area contributed by atoms with Crippen LogP contribution in [0.4, 0.5) is 0 Å². The van der Waals surface area contributed by atoms with Crippen molar-refractivity contribution in [2.45, 2.75) is 57.8 Å². The SMILES string of the molecule is CCNCC1CCC(CN2CCCC(OCC)C2)O1. The Hall–Kier alpha value is -0.160. The molecule has 0 saturated carbocycles. The Morgan fingerprint density at radius 2 is 2.05 bits per heavy atom. The summed E-state index contributed by atoms with van der Waals surface area (Å²) >= 11 is 0. The number of likely N-dealkylation sites (tertiary alicyclic amines) is 1. The molecule has 19 heavy (non-hydrogen) atoms. The van der Waals surface area contributed by atoms with Crippen LogP contribution in [0.2, 0.25) is 0 Å². The minimum Gasteiger partial charge on any atom is -0.377 e. The molecule has 2 heterocycles. The van der Waals surface area contributed by atoms with Crippen LogP contribution in [-0.2, 0) is 9.47 Å². The predicted octanol–water partition coefficient (Wildman–Crippen LogP) is 1.64. The highest BCUT2D eigenvalue weighted by Gasteiger charge is 2.28. The van der Waals surface area contributed by atoms with Gasteiger partial charge in [-0.2, -0.15) is 0 Å². The summed E-state index contributed by atoms with van der Waals surface area (Å²) in [5, 5.41) is 3.38. The summed E-state index contributed by atoms with van der Waals surface area (Å²) in [6.45, 7) is 10.5. The molecule has 112 valence electrons. The maximum Gasteiger partial charge on any atom is 0.0707 e. The van der Waals surface area contributed by atoms with Gasteiger partial charge in [0.05, 0.1) is 18.3 Å². The Bertz CT molecular complexity index is 248. The van der Waals surface area contributed by atoms with E-state index in [1.807, 2.05) is 0 Å². The van der Waals surface area contributed by atoms with Crippen LogP contribution in [0.15, 0.2) is 0 Å². The fourth-order valence-corrected chi connectivity index (χ4v) is 3.21. The molecule has 0 amide bonds. The molecule has 3 unspecified atom stereocenters. The third-order valence-electron chi connectivity index (χ3n) is 4.14. The lowest BCUT2D eigenvalue weighted by atomic mass is 10.1. The quantitative estimate of drug-likeness (QED) is 0.762. The van der Waals surface area contributed by atoms with Crippen LogP contribution in [-0.4, -0.2) is 62.5 Å². The van der Waals surface area contributed by atoms with E-state index in [0.29, 0.717) is 18.3 Å². The van der Waals surface area contributed by atoms with Crippen molar-refractivity contribution in [1.29, 1.82) is 0 Å². The summed E-state index contributed by atoms with van der Waals surface area (Å²) in [6.07, 6.45) is 6.21. The van der Waals surface area contributed by atoms with Gasteiger partial charge < -0.3 is 14.8 Å². The van der Waals surface area contributed by atoms with Crippen molar-refractivity contribution >= 4 is 0 Å². The van der Waals surface area contributed by atoms with Crippen molar-refractivity contribution in [2.24, 2.45) is 0 Å². The first-order valence-corrected chi connectivity index (χ1v) is 8.02. The minimum atomic E-state index is 0.428. The monoisotopic (exact) mass is 270 g/mol. The summed E-state index contributed by atoms with van der Waals surface area (Å²) in [5.74, 6) is 0. The van der Waals surface area contributed by atoms with Gasteiger partial charge in [0, 0.05) is 26.2 Å². The van der Waals surface area contributed by atoms with Gasteiger partial charge >= 0.3 is 0 Å². The van der Waals surface area contributed by atoms with Gasteiger partial charge in [-0.15, -0.1) is 0 Å². The average molecular weight is 270 g/mol. The number of likely N-dealkylation sites (N-methyl/N-ethyl adjacent to an activating group) is 1. The van der Waals surface area contributed by atoms with Crippen molar-refractivity contribution in [2.75, 3.05) is 39.3 Å². The zero-order chi connectivity index (χ0) is 13.5. The molecule has 3 atom stereocenters. The largest absolute Gasteiger partial charge is 0.377 e. The van der Waals surface area contributed by atoms with Crippen LogP contribution in [0.25, 0.3) is 0 Å². The first kappa shape index (κ1) is 15.2. The van der Waals surface area contributed by atoms with Gasteiger partial charge in [0.1, 0.15) is 0 Å². The van der Waals surface area contributed by atoms with Crippen LogP contribution >= 0.6 is 0 Å². The first-order valence-electron chi connectivity index (χ1n) is 8.02. The van der Waals surface area contributed by atoms with E-state index in [-0.39, 0.29) is 0 Å². The van der Waals surface area contributed by atoms with E-state index in [1.54, 1.807) is 0 Å². The molecule has 2 rings (SSSR count). The highest BCUT2D eigenvalue weighted by atomic mass is 16.5. The highest BCUT2D eigenvalue weighted by molar-refractivity contribution is 4.81. The summed E-state index contributed by atoms with van der Waals surface area (Å²) < 4.78 is 11.9. The molecule has 0 aromatic heterocycles. The highest BCUT2D eigenvalue weighted by Crippen LogP contribution is 2.22. The number of rotatable bonds is 7. The van der Waals surface area contributed by atoms with Gasteiger partial charge in [-0.05, 0) is 45.7 Å². The zero-order valence-electron chi connectivity index (χ0n) is 12.6. The van der Waals surface area contributed by atoms with Crippen LogP contribution < -0.4 is 5.32 Å². The molecule has 2 saturated heterocycles. The molecule has 0 aromatic rings. The molecule has 2 aliphatic heterocycles. The number of nitrogens with one attached hydrogen (secondary N) is 1. The van der Waals surface area contributed by atoms with Crippen molar-refractivity contribution in [3.8, 4) is 0 Å². The van der Waals surface area contributed by atoms with Gasteiger partial charge in [-0.1, -0.05) is 6.92 Å². The summed E-state index contributed by atoms with van der Waals surface area (Å²) in [7, 11) is 0. The molecule has 2 fully saturated rings. The predicted molar refractivity (Wildman–Crippen MR) is 77.5 cm³/mol. The van der Waals surface area contributed by atoms with Gasteiger partial charge in [0.25, 0.3) is 0 Å². The molecule has 4 heteroatoms. The van der Waals surface area contributed by atoms with Crippen molar-refractivity contribution in [1.82, 2.24) is 10.2 Å². The molecule has 0 aromatic carbocycles. The van der Waals surface area contributed by atoms with E-state index in [4.69, 9.17) is 9.47 Å². The average Bonchev–Trinajstić information content (AvgIpc) is 2.85. The van der Waals surface area contributed by atoms with E-state index < -0.39 is 0 Å². The van der Waals surface area contributed by atoms with Gasteiger partial charge in [-0.25, -0.2) is 0 Å². The second kappa shape index (κ2) is 8.20.